The number of nitrogens with one attached hydrogen (secondary N) is 1. The van der Waals surface area contributed by atoms with Crippen molar-refractivity contribution in [2.45, 2.75) is 32.2 Å². The van der Waals surface area contributed by atoms with Crippen LogP contribution >= 0.6 is 0 Å². The highest BCUT2D eigenvalue weighted by Gasteiger charge is 2.13. The van der Waals surface area contributed by atoms with Gasteiger partial charge in [-0.2, -0.15) is 0 Å². The summed E-state index contributed by atoms with van der Waals surface area (Å²) in [5.41, 5.74) is 11.1. The summed E-state index contributed by atoms with van der Waals surface area (Å²) in [6.45, 7) is 0.595. The second-order valence-corrected chi connectivity index (χ2v) is 5.59. The predicted octanol–water partition coefficient (Wildman–Crippen LogP) is 2.83. The van der Waals surface area contributed by atoms with E-state index in [9.17, 15) is 0 Å². The fourth-order valence-corrected chi connectivity index (χ4v) is 2.90. The van der Waals surface area contributed by atoms with Crippen LogP contribution in [0.5, 0.6) is 0 Å². The number of rotatable bonds is 3. The van der Waals surface area contributed by atoms with Gasteiger partial charge in [0.05, 0.1) is 6.54 Å². The Bertz CT molecular complexity index is 655. The number of guanidine groups is 1. The number of fused-ring (bicyclic) bond motifs is 1. The summed E-state index contributed by atoms with van der Waals surface area (Å²) in [6.07, 6.45) is 6.86. The third kappa shape index (κ3) is 3.10. The van der Waals surface area contributed by atoms with Gasteiger partial charge in [0.15, 0.2) is 5.96 Å². The molecule has 110 valence electrons. The molecule has 1 heterocycles. The standard InChI is InChI=1S/C17H22N4/c1-21-11-5-8-14(21)12-19-17(18)20-16-10-4-7-13-6-2-3-9-15(13)16/h4-5,7-8,10-11H,2-3,6,9,12H2,1H3,(H3,18,19,20). The van der Waals surface area contributed by atoms with E-state index >= 15 is 0 Å². The number of nitrogens with two attached hydrogens (primary N) is 1. The van der Waals surface area contributed by atoms with Crippen molar-refractivity contribution in [1.82, 2.24) is 4.57 Å². The van der Waals surface area contributed by atoms with Gasteiger partial charge >= 0.3 is 0 Å². The minimum atomic E-state index is 0.482. The molecule has 0 atom stereocenters. The third-order valence-electron chi connectivity index (χ3n) is 4.12. The molecule has 0 amide bonds. The first-order valence-electron chi connectivity index (χ1n) is 7.52. The fraction of sp³-hybridized carbons (Fsp3) is 0.353. The van der Waals surface area contributed by atoms with Crippen LogP contribution in [0.15, 0.2) is 41.5 Å². The van der Waals surface area contributed by atoms with Crippen molar-refractivity contribution in [2.24, 2.45) is 17.8 Å². The van der Waals surface area contributed by atoms with E-state index in [-0.39, 0.29) is 0 Å². The van der Waals surface area contributed by atoms with E-state index < -0.39 is 0 Å². The predicted molar refractivity (Wildman–Crippen MR) is 87.4 cm³/mol. The molecule has 0 bridgehead atoms. The summed E-state index contributed by atoms with van der Waals surface area (Å²) in [4.78, 5) is 4.43. The van der Waals surface area contributed by atoms with Crippen molar-refractivity contribution < 1.29 is 0 Å². The van der Waals surface area contributed by atoms with Crippen molar-refractivity contribution in [2.75, 3.05) is 5.32 Å². The molecule has 1 aromatic carbocycles. The monoisotopic (exact) mass is 282 g/mol. The molecule has 2 aromatic rings. The average molecular weight is 282 g/mol. The van der Waals surface area contributed by atoms with Crippen molar-refractivity contribution in [3.05, 3.63) is 53.3 Å². The zero-order chi connectivity index (χ0) is 14.7. The second kappa shape index (κ2) is 6.04. The molecule has 21 heavy (non-hydrogen) atoms. The Balaban J connectivity index is 1.73. The molecule has 1 aromatic heterocycles. The van der Waals surface area contributed by atoms with Crippen LogP contribution in [-0.2, 0) is 26.4 Å². The van der Waals surface area contributed by atoms with Crippen LogP contribution in [0.3, 0.4) is 0 Å². The molecule has 1 aliphatic carbocycles. The molecule has 4 nitrogen and oxygen atoms in total. The molecule has 0 saturated heterocycles. The Morgan fingerprint density at radius 1 is 1.24 bits per heavy atom. The van der Waals surface area contributed by atoms with E-state index in [0.717, 1.165) is 17.8 Å². The Morgan fingerprint density at radius 3 is 2.90 bits per heavy atom. The van der Waals surface area contributed by atoms with E-state index in [1.807, 2.05) is 19.3 Å². The summed E-state index contributed by atoms with van der Waals surface area (Å²) in [5.74, 6) is 0.482. The molecular formula is C17H22N4. The highest BCUT2D eigenvalue weighted by Crippen LogP contribution is 2.27. The van der Waals surface area contributed by atoms with Gasteiger partial charge in [0.1, 0.15) is 0 Å². The van der Waals surface area contributed by atoms with Gasteiger partial charge in [-0.1, -0.05) is 12.1 Å². The normalized spacial score (nSPS) is 14.8. The summed E-state index contributed by atoms with van der Waals surface area (Å²) in [6, 6.07) is 10.5. The molecule has 0 aliphatic heterocycles. The van der Waals surface area contributed by atoms with E-state index in [2.05, 4.69) is 39.1 Å². The Hall–Kier alpha value is -2.23. The maximum atomic E-state index is 6.04. The number of benzene rings is 1. The van der Waals surface area contributed by atoms with Gasteiger partial charge in [0.2, 0.25) is 0 Å². The van der Waals surface area contributed by atoms with E-state index in [4.69, 9.17) is 5.73 Å². The summed E-state index contributed by atoms with van der Waals surface area (Å²) >= 11 is 0. The summed E-state index contributed by atoms with van der Waals surface area (Å²) in [5, 5.41) is 3.27. The SMILES string of the molecule is Cn1cccc1CN=C(N)Nc1cccc2c1CCCC2. The minimum absolute atomic E-state index is 0.482. The first kappa shape index (κ1) is 13.7. The molecule has 0 spiro atoms. The molecule has 3 N–H and O–H groups in total. The number of nitrogens with zero attached hydrogens (tertiary/aromatic N) is 2. The van der Waals surface area contributed by atoms with E-state index in [1.54, 1.807) is 0 Å². The average Bonchev–Trinajstić information content (AvgIpc) is 2.91. The number of hydrogen-bond donors (Lipinski definition) is 2. The zero-order valence-electron chi connectivity index (χ0n) is 12.5. The molecule has 0 saturated carbocycles. The molecule has 1 aliphatic rings. The lowest BCUT2D eigenvalue weighted by atomic mass is 9.90. The van der Waals surface area contributed by atoms with Crippen molar-refractivity contribution in [3.8, 4) is 0 Å². The van der Waals surface area contributed by atoms with Gasteiger partial charge in [-0.3, -0.25) is 0 Å². The largest absolute Gasteiger partial charge is 0.370 e. The lowest BCUT2D eigenvalue weighted by Gasteiger charge is -2.19. The van der Waals surface area contributed by atoms with Gasteiger partial charge in [-0.05, 0) is 55.0 Å². The minimum Gasteiger partial charge on any atom is -0.370 e. The van der Waals surface area contributed by atoms with Crippen LogP contribution in [0.4, 0.5) is 5.69 Å². The van der Waals surface area contributed by atoms with Crippen LogP contribution in [0.1, 0.15) is 29.7 Å². The van der Waals surface area contributed by atoms with E-state index in [1.165, 1.54) is 30.4 Å². The first-order chi connectivity index (χ1) is 10.2. The highest BCUT2D eigenvalue weighted by molar-refractivity contribution is 5.93. The molecule has 0 unspecified atom stereocenters. The van der Waals surface area contributed by atoms with Gasteiger partial charge in [0, 0.05) is 24.6 Å². The Kier molecular flexibility index (Phi) is 3.95. The Morgan fingerprint density at radius 2 is 2.10 bits per heavy atom. The number of aliphatic imine (C=N–C) groups is 1. The van der Waals surface area contributed by atoms with Crippen LogP contribution < -0.4 is 11.1 Å². The molecule has 0 fully saturated rings. The van der Waals surface area contributed by atoms with Crippen LogP contribution in [0, 0.1) is 0 Å². The van der Waals surface area contributed by atoms with Crippen molar-refractivity contribution >= 4 is 11.6 Å². The zero-order valence-corrected chi connectivity index (χ0v) is 12.5. The summed E-state index contributed by atoms with van der Waals surface area (Å²) in [7, 11) is 2.02. The van der Waals surface area contributed by atoms with Gasteiger partial charge < -0.3 is 15.6 Å². The molecule has 4 heteroatoms. The van der Waals surface area contributed by atoms with Crippen molar-refractivity contribution in [1.29, 1.82) is 0 Å². The molecule has 3 rings (SSSR count). The molecule has 0 radical (unpaired) electrons. The first-order valence-corrected chi connectivity index (χ1v) is 7.52. The highest BCUT2D eigenvalue weighted by atomic mass is 15.1. The fourth-order valence-electron chi connectivity index (χ4n) is 2.90. The van der Waals surface area contributed by atoms with E-state index in [0.29, 0.717) is 12.5 Å². The van der Waals surface area contributed by atoms with Crippen molar-refractivity contribution in [3.63, 3.8) is 0 Å². The smallest absolute Gasteiger partial charge is 0.193 e. The topological polar surface area (TPSA) is 55.3 Å². The van der Waals surface area contributed by atoms with Gasteiger partial charge in [-0.15, -0.1) is 0 Å². The van der Waals surface area contributed by atoms with Gasteiger partial charge in [0.25, 0.3) is 0 Å². The number of aryl methyl sites for hydroxylation is 2. The second-order valence-electron chi connectivity index (χ2n) is 5.59. The number of hydrogen-bond acceptors (Lipinski definition) is 1. The quantitative estimate of drug-likeness (QED) is 0.672. The Labute approximate surface area is 125 Å². The number of aromatic nitrogens is 1. The third-order valence-corrected chi connectivity index (χ3v) is 4.12. The van der Waals surface area contributed by atoms with Crippen LogP contribution in [0.2, 0.25) is 0 Å². The number of anilines is 1. The maximum Gasteiger partial charge on any atom is 0.193 e. The molecular weight excluding hydrogens is 260 g/mol. The lowest BCUT2D eigenvalue weighted by Crippen LogP contribution is -2.24. The van der Waals surface area contributed by atoms with Crippen LogP contribution in [-0.4, -0.2) is 10.5 Å². The summed E-state index contributed by atoms with van der Waals surface area (Å²) < 4.78 is 2.06. The maximum absolute atomic E-state index is 6.04. The van der Waals surface area contributed by atoms with Crippen LogP contribution in [0.25, 0.3) is 0 Å². The lowest BCUT2D eigenvalue weighted by molar-refractivity contribution is 0.687. The van der Waals surface area contributed by atoms with Gasteiger partial charge in [-0.25, -0.2) is 4.99 Å².